The van der Waals surface area contributed by atoms with Crippen LogP contribution in [-0.2, 0) is 5.41 Å². The molecule has 0 fully saturated rings. The van der Waals surface area contributed by atoms with Crippen molar-refractivity contribution in [2.75, 3.05) is 26.4 Å². The van der Waals surface area contributed by atoms with E-state index in [1.165, 1.54) is 44.5 Å². The third kappa shape index (κ3) is 4.98. The Morgan fingerprint density at radius 1 is 0.422 bits per heavy atom. The molecule has 0 saturated heterocycles. The highest BCUT2D eigenvalue weighted by atomic mass is 16.5. The van der Waals surface area contributed by atoms with Crippen LogP contribution in [-0.4, -0.2) is 36.6 Å². The molecular weight excluding hydrogens is 556 g/mol. The summed E-state index contributed by atoms with van der Waals surface area (Å²) < 4.78 is 11.5. The smallest absolute Gasteiger partial charge is 0.119 e. The van der Waals surface area contributed by atoms with Gasteiger partial charge in [-0.25, -0.2) is 0 Å². The average Bonchev–Trinajstić information content (AvgIpc) is 3.42. The molecule has 0 amide bonds. The second-order valence-electron chi connectivity index (χ2n) is 11.1. The van der Waals surface area contributed by atoms with Gasteiger partial charge in [0.2, 0.25) is 0 Å². The summed E-state index contributed by atoms with van der Waals surface area (Å²) in [5.74, 6) is 1.43. The van der Waals surface area contributed by atoms with Gasteiger partial charge < -0.3 is 19.7 Å². The van der Waals surface area contributed by atoms with Crippen LogP contribution < -0.4 is 9.47 Å². The molecule has 0 spiro atoms. The minimum absolute atomic E-state index is 0.0400. The van der Waals surface area contributed by atoms with Crippen molar-refractivity contribution in [3.63, 3.8) is 0 Å². The van der Waals surface area contributed by atoms with Gasteiger partial charge in [-0.3, -0.25) is 0 Å². The number of hydrogen-bond acceptors (Lipinski definition) is 4. The lowest BCUT2D eigenvalue weighted by atomic mass is 9.67. The van der Waals surface area contributed by atoms with Gasteiger partial charge in [0.15, 0.2) is 0 Å². The maximum Gasteiger partial charge on any atom is 0.119 e. The highest BCUT2D eigenvalue weighted by molar-refractivity contribution is 6.01. The fourth-order valence-corrected chi connectivity index (χ4v) is 6.85. The predicted molar refractivity (Wildman–Crippen MR) is 180 cm³/mol. The molecule has 222 valence electrons. The first kappa shape index (κ1) is 28.6. The number of hydrogen-bond donors (Lipinski definition) is 2. The largest absolute Gasteiger partial charge is 0.491 e. The Balaban J connectivity index is 1.57. The minimum atomic E-state index is -0.648. The van der Waals surface area contributed by atoms with Gasteiger partial charge in [0, 0.05) is 0 Å². The van der Waals surface area contributed by atoms with E-state index in [1.807, 2.05) is 24.3 Å². The van der Waals surface area contributed by atoms with Crippen molar-refractivity contribution in [1.29, 1.82) is 0 Å². The van der Waals surface area contributed by atoms with Gasteiger partial charge in [-0.15, -0.1) is 0 Å². The Labute approximate surface area is 263 Å². The third-order valence-electron chi connectivity index (χ3n) is 8.65. The monoisotopic (exact) mass is 590 g/mol. The lowest BCUT2D eigenvalue weighted by Gasteiger charge is -2.34. The van der Waals surface area contributed by atoms with Crippen LogP contribution in [0.4, 0.5) is 0 Å². The summed E-state index contributed by atoms with van der Waals surface area (Å²) in [4.78, 5) is 0. The Kier molecular flexibility index (Phi) is 7.91. The molecule has 0 unspecified atom stereocenters. The molecule has 0 bridgehead atoms. The first-order valence-electron chi connectivity index (χ1n) is 15.3. The standard InChI is InChI=1S/C41H34O4/c42-25-27-44-33-21-17-31(18-22-33)41(32-19-23-34(24-20-32)45-28-26-43)37-15-7-13-35(29-9-3-1-4-10-29)39(37)40-36(14-8-16-38(40)41)30-11-5-2-6-12-30/h1-24,42-43H,25-28H2. The van der Waals surface area contributed by atoms with Crippen molar-refractivity contribution in [2.24, 2.45) is 0 Å². The van der Waals surface area contributed by atoms with Gasteiger partial charge in [0.1, 0.15) is 24.7 Å². The van der Waals surface area contributed by atoms with E-state index in [9.17, 15) is 10.2 Å². The van der Waals surface area contributed by atoms with Gasteiger partial charge in [0.25, 0.3) is 0 Å². The van der Waals surface area contributed by atoms with Crippen LogP contribution in [0.1, 0.15) is 22.3 Å². The van der Waals surface area contributed by atoms with Crippen LogP contribution in [0.15, 0.2) is 146 Å². The molecule has 7 rings (SSSR count). The van der Waals surface area contributed by atoms with Crippen molar-refractivity contribution in [3.05, 3.63) is 168 Å². The highest BCUT2D eigenvalue weighted by Gasteiger charge is 2.47. The normalized spacial score (nSPS) is 12.8. The molecule has 0 aromatic heterocycles. The predicted octanol–water partition coefficient (Wildman–Crippen LogP) is 8.13. The Bertz CT molecular complexity index is 1750. The molecule has 4 nitrogen and oxygen atoms in total. The third-order valence-corrected chi connectivity index (χ3v) is 8.65. The van der Waals surface area contributed by atoms with Gasteiger partial charge in [-0.1, -0.05) is 121 Å². The van der Waals surface area contributed by atoms with Gasteiger partial charge in [0.05, 0.1) is 18.6 Å². The zero-order valence-corrected chi connectivity index (χ0v) is 24.9. The van der Waals surface area contributed by atoms with Crippen LogP contribution in [0.2, 0.25) is 0 Å². The van der Waals surface area contributed by atoms with Crippen molar-refractivity contribution in [2.45, 2.75) is 5.41 Å². The van der Waals surface area contributed by atoms with Crippen LogP contribution >= 0.6 is 0 Å². The minimum Gasteiger partial charge on any atom is -0.491 e. The molecule has 4 heteroatoms. The van der Waals surface area contributed by atoms with Crippen molar-refractivity contribution in [3.8, 4) is 44.9 Å². The van der Waals surface area contributed by atoms with E-state index >= 15 is 0 Å². The fraction of sp³-hybridized carbons (Fsp3) is 0.122. The van der Waals surface area contributed by atoms with Crippen LogP contribution in [0.25, 0.3) is 33.4 Å². The summed E-state index contributed by atoms with van der Waals surface area (Å²) >= 11 is 0. The highest BCUT2D eigenvalue weighted by Crippen LogP contribution is 2.60. The summed E-state index contributed by atoms with van der Waals surface area (Å²) in [5, 5.41) is 18.7. The molecule has 1 aliphatic rings. The van der Waals surface area contributed by atoms with Crippen LogP contribution in [0.5, 0.6) is 11.5 Å². The second kappa shape index (κ2) is 12.4. The average molecular weight is 591 g/mol. The lowest BCUT2D eigenvalue weighted by Crippen LogP contribution is -2.28. The van der Waals surface area contributed by atoms with E-state index in [0.29, 0.717) is 11.5 Å². The maximum atomic E-state index is 9.33. The van der Waals surface area contributed by atoms with Gasteiger partial charge in [-0.2, -0.15) is 0 Å². The zero-order chi connectivity index (χ0) is 30.6. The van der Waals surface area contributed by atoms with Gasteiger partial charge >= 0.3 is 0 Å². The molecule has 0 atom stereocenters. The number of fused-ring (bicyclic) bond motifs is 3. The summed E-state index contributed by atoms with van der Waals surface area (Å²) in [7, 11) is 0. The van der Waals surface area contributed by atoms with E-state index in [1.54, 1.807) is 0 Å². The molecule has 0 aliphatic heterocycles. The summed E-state index contributed by atoms with van der Waals surface area (Å²) in [6.45, 7) is 0.405. The van der Waals surface area contributed by atoms with E-state index in [2.05, 4.69) is 121 Å². The molecule has 0 radical (unpaired) electrons. The van der Waals surface area contributed by atoms with Gasteiger partial charge in [-0.05, 0) is 79.9 Å². The van der Waals surface area contributed by atoms with E-state index in [-0.39, 0.29) is 26.4 Å². The van der Waals surface area contributed by atoms with E-state index < -0.39 is 5.41 Å². The van der Waals surface area contributed by atoms with Crippen molar-refractivity contribution < 1.29 is 19.7 Å². The molecule has 0 saturated carbocycles. The summed E-state index contributed by atoms with van der Waals surface area (Å²) in [6, 6.07) is 51.1. The molecule has 45 heavy (non-hydrogen) atoms. The Hall–Kier alpha value is -5.16. The first-order valence-corrected chi connectivity index (χ1v) is 15.3. The number of ether oxygens (including phenoxy) is 2. The van der Waals surface area contributed by atoms with E-state index in [0.717, 1.165) is 11.1 Å². The molecule has 6 aromatic rings. The Morgan fingerprint density at radius 3 is 1.20 bits per heavy atom. The molecule has 0 heterocycles. The summed E-state index contributed by atoms with van der Waals surface area (Å²) in [6.07, 6.45) is 0. The summed E-state index contributed by atoms with van der Waals surface area (Å²) in [5.41, 5.74) is 11.1. The van der Waals surface area contributed by atoms with Crippen molar-refractivity contribution in [1.82, 2.24) is 0 Å². The maximum absolute atomic E-state index is 9.33. The first-order chi connectivity index (χ1) is 22.3. The number of aliphatic hydroxyl groups is 2. The fourth-order valence-electron chi connectivity index (χ4n) is 6.85. The molecule has 2 N–H and O–H groups in total. The molecule has 1 aliphatic carbocycles. The molecular formula is C41H34O4. The van der Waals surface area contributed by atoms with Crippen molar-refractivity contribution >= 4 is 0 Å². The zero-order valence-electron chi connectivity index (χ0n) is 24.9. The number of rotatable bonds is 10. The number of aliphatic hydroxyl groups excluding tert-OH is 2. The quantitative estimate of drug-likeness (QED) is 0.169. The van der Waals surface area contributed by atoms with Crippen LogP contribution in [0, 0.1) is 0 Å². The van der Waals surface area contributed by atoms with Crippen LogP contribution in [0.3, 0.4) is 0 Å². The lowest BCUT2D eigenvalue weighted by molar-refractivity contribution is 0.201. The topological polar surface area (TPSA) is 58.9 Å². The number of benzene rings is 6. The Morgan fingerprint density at radius 2 is 0.822 bits per heavy atom. The molecule has 6 aromatic carbocycles. The second-order valence-corrected chi connectivity index (χ2v) is 11.1. The SMILES string of the molecule is OCCOc1ccc(C2(c3ccc(OCCO)cc3)c3cccc(-c4ccccc4)c3-c3c(-c4ccccc4)cccc32)cc1. The van der Waals surface area contributed by atoms with E-state index in [4.69, 9.17) is 9.47 Å².